The van der Waals surface area contributed by atoms with Crippen LogP contribution in [0.15, 0.2) is 48.8 Å². The lowest BCUT2D eigenvalue weighted by Gasteiger charge is -1.99. The van der Waals surface area contributed by atoms with Crippen molar-refractivity contribution in [1.29, 1.82) is 5.26 Å². The molecule has 1 aromatic carbocycles. The normalized spacial score (nSPS) is 10.8. The maximum Gasteiger partial charge on any atom is 0.269 e. The lowest BCUT2D eigenvalue weighted by molar-refractivity contribution is -0.384. The number of hydrogen-bond donors (Lipinski definition) is 0. The summed E-state index contributed by atoms with van der Waals surface area (Å²) in [6.07, 6.45) is 4.98. The Bertz CT molecular complexity index is 655. The molecule has 0 aliphatic rings. The van der Waals surface area contributed by atoms with Crippen molar-refractivity contribution in [2.24, 2.45) is 0 Å². The van der Waals surface area contributed by atoms with Crippen molar-refractivity contribution in [2.45, 2.75) is 0 Å². The summed E-state index contributed by atoms with van der Waals surface area (Å²) in [6, 6.07) is 11.5. The second kappa shape index (κ2) is 5.56. The van der Waals surface area contributed by atoms with Gasteiger partial charge in [0.15, 0.2) is 0 Å². The fourth-order valence-electron chi connectivity index (χ4n) is 1.57. The van der Waals surface area contributed by atoms with E-state index in [1.165, 1.54) is 12.1 Å². The number of rotatable bonds is 3. The lowest BCUT2D eigenvalue weighted by Crippen LogP contribution is -1.88. The van der Waals surface area contributed by atoms with E-state index in [2.05, 4.69) is 11.1 Å². The molecule has 0 radical (unpaired) electrons. The maximum atomic E-state index is 10.6. The molecule has 0 amide bonds. The minimum Gasteiger partial charge on any atom is -0.265 e. The average molecular weight is 251 g/mol. The van der Waals surface area contributed by atoms with Crippen LogP contribution in [0.2, 0.25) is 0 Å². The molecule has 1 heterocycles. The maximum absolute atomic E-state index is 10.6. The van der Waals surface area contributed by atoms with E-state index in [4.69, 9.17) is 5.26 Å². The second-order valence-corrected chi connectivity index (χ2v) is 3.75. The molecule has 19 heavy (non-hydrogen) atoms. The first kappa shape index (κ1) is 12.5. The largest absolute Gasteiger partial charge is 0.269 e. The molecule has 0 N–H and O–H groups in total. The van der Waals surface area contributed by atoms with Gasteiger partial charge in [0.2, 0.25) is 0 Å². The van der Waals surface area contributed by atoms with E-state index in [-0.39, 0.29) is 5.69 Å². The molecule has 0 atom stereocenters. The number of nitriles is 1. The minimum absolute atomic E-state index is 0.00458. The number of allylic oxidation sites excluding steroid dienone is 1. The van der Waals surface area contributed by atoms with Gasteiger partial charge in [-0.2, -0.15) is 5.26 Å². The summed E-state index contributed by atoms with van der Waals surface area (Å²) in [5.74, 6) is 0. The second-order valence-electron chi connectivity index (χ2n) is 3.75. The fraction of sp³-hybridized carbons (Fsp3) is 0. The van der Waals surface area contributed by atoms with E-state index < -0.39 is 4.92 Å². The molecule has 0 bridgehead atoms. The van der Waals surface area contributed by atoms with Gasteiger partial charge < -0.3 is 0 Å². The molecule has 0 unspecified atom stereocenters. The van der Waals surface area contributed by atoms with Crippen molar-refractivity contribution in [1.82, 2.24) is 4.98 Å². The van der Waals surface area contributed by atoms with Gasteiger partial charge in [0.05, 0.1) is 16.6 Å². The molecule has 0 spiro atoms. The molecular weight excluding hydrogens is 242 g/mol. The summed E-state index contributed by atoms with van der Waals surface area (Å²) in [5, 5.41) is 19.7. The van der Waals surface area contributed by atoms with Gasteiger partial charge in [-0.25, -0.2) is 0 Å². The van der Waals surface area contributed by atoms with Crippen molar-refractivity contribution in [3.63, 3.8) is 0 Å². The van der Waals surface area contributed by atoms with Gasteiger partial charge in [-0.3, -0.25) is 15.1 Å². The molecule has 0 saturated carbocycles. The minimum atomic E-state index is -0.470. The summed E-state index contributed by atoms with van der Waals surface area (Å²) in [7, 11) is 0. The number of aromatic nitrogens is 1. The van der Waals surface area contributed by atoms with Crippen LogP contribution < -0.4 is 0 Å². The van der Waals surface area contributed by atoms with Gasteiger partial charge in [-0.05, 0) is 41.5 Å². The van der Waals surface area contributed by atoms with Crippen molar-refractivity contribution in [3.8, 4) is 6.07 Å². The Hall–Kier alpha value is -3.00. The van der Waals surface area contributed by atoms with E-state index >= 15 is 0 Å². The monoisotopic (exact) mass is 251 g/mol. The van der Waals surface area contributed by atoms with E-state index in [0.29, 0.717) is 11.1 Å². The summed E-state index contributed by atoms with van der Waals surface area (Å²) in [5.41, 5.74) is 1.95. The highest BCUT2D eigenvalue weighted by Gasteiger charge is 2.06. The van der Waals surface area contributed by atoms with E-state index in [9.17, 15) is 10.1 Å². The van der Waals surface area contributed by atoms with E-state index in [1.807, 2.05) is 0 Å². The van der Waals surface area contributed by atoms with E-state index in [1.54, 1.807) is 42.7 Å². The van der Waals surface area contributed by atoms with Crippen molar-refractivity contribution in [3.05, 3.63) is 70.0 Å². The van der Waals surface area contributed by atoms with Crippen LogP contribution in [-0.4, -0.2) is 9.91 Å². The van der Waals surface area contributed by atoms with Crippen molar-refractivity contribution < 1.29 is 4.92 Å². The molecule has 0 aliphatic carbocycles. The predicted molar refractivity (Wildman–Crippen MR) is 70.8 cm³/mol. The van der Waals surface area contributed by atoms with Crippen LogP contribution in [0.25, 0.3) is 11.6 Å². The summed E-state index contributed by atoms with van der Waals surface area (Å²) >= 11 is 0. The quantitative estimate of drug-likeness (QED) is 0.477. The first-order valence-electron chi connectivity index (χ1n) is 5.47. The number of pyridine rings is 1. The SMILES string of the molecule is N#C/C(=C/c1ccncc1)c1ccc([N+](=O)[O-])cc1. The van der Waals surface area contributed by atoms with Crippen LogP contribution in [0.5, 0.6) is 0 Å². The lowest BCUT2D eigenvalue weighted by atomic mass is 10.0. The number of nitrogens with zero attached hydrogens (tertiary/aromatic N) is 3. The van der Waals surface area contributed by atoms with Gasteiger partial charge in [0, 0.05) is 24.5 Å². The van der Waals surface area contributed by atoms with Gasteiger partial charge >= 0.3 is 0 Å². The topological polar surface area (TPSA) is 79.8 Å². The Balaban J connectivity index is 2.36. The number of nitro groups is 1. The third kappa shape index (κ3) is 3.01. The molecule has 92 valence electrons. The van der Waals surface area contributed by atoms with Crippen molar-refractivity contribution in [2.75, 3.05) is 0 Å². The van der Waals surface area contributed by atoms with Crippen molar-refractivity contribution >= 4 is 17.3 Å². The Morgan fingerprint density at radius 1 is 1.21 bits per heavy atom. The van der Waals surface area contributed by atoms with Gasteiger partial charge in [-0.1, -0.05) is 0 Å². The van der Waals surface area contributed by atoms with E-state index in [0.717, 1.165) is 5.56 Å². The molecular formula is C14H9N3O2. The van der Waals surface area contributed by atoms with Crippen LogP contribution in [0.3, 0.4) is 0 Å². The molecule has 2 rings (SSSR count). The Kier molecular flexibility index (Phi) is 3.64. The number of nitro benzene ring substituents is 1. The third-order valence-corrected chi connectivity index (χ3v) is 2.53. The van der Waals surface area contributed by atoms with Crippen LogP contribution in [-0.2, 0) is 0 Å². The molecule has 0 saturated heterocycles. The highest BCUT2D eigenvalue weighted by atomic mass is 16.6. The highest BCUT2D eigenvalue weighted by Crippen LogP contribution is 2.20. The molecule has 5 heteroatoms. The highest BCUT2D eigenvalue weighted by molar-refractivity contribution is 5.89. The Labute approximate surface area is 109 Å². The van der Waals surface area contributed by atoms with Gasteiger partial charge in [0.25, 0.3) is 5.69 Å². The third-order valence-electron chi connectivity index (χ3n) is 2.53. The number of non-ortho nitro benzene ring substituents is 1. The molecule has 0 fully saturated rings. The van der Waals surface area contributed by atoms with Crippen LogP contribution in [0.1, 0.15) is 11.1 Å². The molecule has 5 nitrogen and oxygen atoms in total. The zero-order valence-corrected chi connectivity index (χ0v) is 9.85. The van der Waals surface area contributed by atoms with Gasteiger partial charge in [-0.15, -0.1) is 0 Å². The summed E-state index contributed by atoms with van der Waals surface area (Å²) in [6.45, 7) is 0. The van der Waals surface area contributed by atoms with Gasteiger partial charge in [0.1, 0.15) is 0 Å². The van der Waals surface area contributed by atoms with Crippen LogP contribution in [0, 0.1) is 21.4 Å². The molecule has 0 aliphatic heterocycles. The average Bonchev–Trinajstić information content (AvgIpc) is 2.46. The van der Waals surface area contributed by atoms with Crippen LogP contribution in [0.4, 0.5) is 5.69 Å². The first-order chi connectivity index (χ1) is 9.20. The fourth-order valence-corrected chi connectivity index (χ4v) is 1.57. The Morgan fingerprint density at radius 2 is 1.84 bits per heavy atom. The first-order valence-corrected chi connectivity index (χ1v) is 5.47. The zero-order chi connectivity index (χ0) is 13.7. The zero-order valence-electron chi connectivity index (χ0n) is 9.85. The standard InChI is InChI=1S/C14H9N3O2/c15-10-13(9-11-5-7-16-8-6-11)12-1-3-14(4-2-12)17(18)19/h1-9H/b13-9-. The smallest absolute Gasteiger partial charge is 0.265 e. The summed E-state index contributed by atoms with van der Waals surface area (Å²) < 4.78 is 0. The number of benzene rings is 1. The molecule has 1 aromatic heterocycles. The Morgan fingerprint density at radius 3 is 2.37 bits per heavy atom. The predicted octanol–water partition coefficient (Wildman–Crippen LogP) is 3.05. The number of hydrogen-bond acceptors (Lipinski definition) is 4. The molecule has 2 aromatic rings. The summed E-state index contributed by atoms with van der Waals surface area (Å²) in [4.78, 5) is 14.0. The van der Waals surface area contributed by atoms with Crippen LogP contribution >= 0.6 is 0 Å².